The molecule has 1 aromatic heterocycles. The maximum absolute atomic E-state index is 14.1. The summed E-state index contributed by atoms with van der Waals surface area (Å²) < 4.78 is 38.2. The number of methoxy groups -OCH3 is 1. The minimum atomic E-state index is -0.807. The molecule has 1 spiro atoms. The first kappa shape index (κ1) is 20.0. The zero-order valence-corrected chi connectivity index (χ0v) is 16.6. The Hall–Kier alpha value is -2.25. The predicted octanol–water partition coefficient (Wildman–Crippen LogP) is 3.83. The van der Waals surface area contributed by atoms with E-state index in [0.29, 0.717) is 43.3 Å². The normalized spacial score (nSPS) is 22.5. The molecule has 0 N–H and O–H groups in total. The number of likely N-dealkylation sites (tertiary alicyclic amines) is 2. The number of furan rings is 1. The van der Waals surface area contributed by atoms with Gasteiger partial charge in [0.25, 0.3) is 5.91 Å². The first-order chi connectivity index (χ1) is 14.0. The van der Waals surface area contributed by atoms with Gasteiger partial charge in [0.15, 0.2) is 17.4 Å². The van der Waals surface area contributed by atoms with Crippen molar-refractivity contribution in [3.63, 3.8) is 0 Å². The molecular formula is C22H26F2N2O3. The van der Waals surface area contributed by atoms with Gasteiger partial charge >= 0.3 is 0 Å². The number of carbonyl (C=O) groups is 1. The van der Waals surface area contributed by atoms with Crippen molar-refractivity contribution in [2.24, 2.45) is 5.41 Å². The lowest BCUT2D eigenvalue weighted by atomic mass is 9.79. The van der Waals surface area contributed by atoms with Crippen LogP contribution >= 0.6 is 0 Å². The molecule has 1 atom stereocenters. The number of piperidine rings is 1. The van der Waals surface area contributed by atoms with Crippen LogP contribution in [-0.4, -0.2) is 49.0 Å². The van der Waals surface area contributed by atoms with E-state index in [1.54, 1.807) is 31.4 Å². The van der Waals surface area contributed by atoms with Gasteiger partial charge in [-0.25, -0.2) is 8.78 Å². The van der Waals surface area contributed by atoms with Crippen LogP contribution in [0.3, 0.4) is 0 Å². The van der Waals surface area contributed by atoms with Gasteiger partial charge in [-0.05, 0) is 44.0 Å². The summed E-state index contributed by atoms with van der Waals surface area (Å²) >= 11 is 0. The number of carbonyl (C=O) groups excluding carboxylic acids is 1. The molecule has 1 amide bonds. The molecule has 3 heterocycles. The van der Waals surface area contributed by atoms with Crippen molar-refractivity contribution in [2.45, 2.75) is 32.4 Å². The fourth-order valence-corrected chi connectivity index (χ4v) is 4.67. The molecule has 7 heteroatoms. The van der Waals surface area contributed by atoms with Crippen molar-refractivity contribution < 1.29 is 22.7 Å². The van der Waals surface area contributed by atoms with Crippen LogP contribution in [0.1, 0.15) is 41.1 Å². The van der Waals surface area contributed by atoms with E-state index in [4.69, 9.17) is 9.15 Å². The van der Waals surface area contributed by atoms with Crippen LogP contribution in [-0.2, 0) is 17.9 Å². The molecule has 2 saturated heterocycles. The topological polar surface area (TPSA) is 45.9 Å². The van der Waals surface area contributed by atoms with E-state index in [2.05, 4.69) is 4.90 Å². The van der Waals surface area contributed by atoms with Gasteiger partial charge in [-0.2, -0.15) is 0 Å². The Morgan fingerprint density at radius 1 is 1.17 bits per heavy atom. The van der Waals surface area contributed by atoms with Gasteiger partial charge in [-0.1, -0.05) is 12.1 Å². The minimum Gasteiger partial charge on any atom is -0.453 e. The molecule has 2 aromatic rings. The first-order valence-electron chi connectivity index (χ1n) is 10.0. The van der Waals surface area contributed by atoms with Crippen LogP contribution in [0.5, 0.6) is 0 Å². The highest BCUT2D eigenvalue weighted by atomic mass is 19.2. The van der Waals surface area contributed by atoms with Gasteiger partial charge in [0.1, 0.15) is 12.4 Å². The number of nitrogens with zero attached hydrogens (tertiary/aromatic N) is 2. The smallest absolute Gasteiger partial charge is 0.289 e. The molecule has 0 bridgehead atoms. The third-order valence-corrected chi connectivity index (χ3v) is 6.05. The molecule has 1 aromatic carbocycles. The Labute approximate surface area is 169 Å². The molecule has 0 radical (unpaired) electrons. The van der Waals surface area contributed by atoms with E-state index in [1.165, 1.54) is 0 Å². The summed E-state index contributed by atoms with van der Waals surface area (Å²) in [6, 6.07) is 7.78. The third-order valence-electron chi connectivity index (χ3n) is 6.05. The maximum atomic E-state index is 14.1. The van der Waals surface area contributed by atoms with E-state index in [-0.39, 0.29) is 11.3 Å². The molecule has 0 saturated carbocycles. The van der Waals surface area contributed by atoms with E-state index in [9.17, 15) is 13.6 Å². The summed E-state index contributed by atoms with van der Waals surface area (Å²) in [6.45, 7) is 3.69. The Kier molecular flexibility index (Phi) is 5.69. The Bertz CT molecular complexity index is 885. The van der Waals surface area contributed by atoms with Crippen molar-refractivity contribution in [1.29, 1.82) is 0 Å². The lowest BCUT2D eigenvalue weighted by molar-refractivity contribution is 0.0643. The summed E-state index contributed by atoms with van der Waals surface area (Å²) in [5, 5.41) is 0. The third kappa shape index (κ3) is 4.21. The van der Waals surface area contributed by atoms with Crippen molar-refractivity contribution in [3.8, 4) is 0 Å². The molecule has 5 nitrogen and oxygen atoms in total. The van der Waals surface area contributed by atoms with E-state index >= 15 is 0 Å². The molecule has 156 valence electrons. The highest BCUT2D eigenvalue weighted by Crippen LogP contribution is 2.40. The molecular weight excluding hydrogens is 378 g/mol. The first-order valence-corrected chi connectivity index (χ1v) is 10.0. The average molecular weight is 404 g/mol. The number of hydrogen-bond acceptors (Lipinski definition) is 4. The number of benzene rings is 1. The Morgan fingerprint density at radius 2 is 2.03 bits per heavy atom. The maximum Gasteiger partial charge on any atom is 0.289 e. The molecule has 2 aliphatic rings. The lowest BCUT2D eigenvalue weighted by Crippen LogP contribution is -2.45. The fourth-order valence-electron chi connectivity index (χ4n) is 4.67. The summed E-state index contributed by atoms with van der Waals surface area (Å²) in [4.78, 5) is 16.9. The molecule has 2 aliphatic heterocycles. The van der Waals surface area contributed by atoms with E-state index < -0.39 is 11.6 Å². The number of rotatable bonds is 5. The molecule has 0 unspecified atom stereocenters. The highest BCUT2D eigenvalue weighted by Gasteiger charge is 2.43. The summed E-state index contributed by atoms with van der Waals surface area (Å²) in [5.74, 6) is -0.704. The number of ether oxygens (including phenoxy) is 1. The summed E-state index contributed by atoms with van der Waals surface area (Å²) in [5.41, 5.74) is 0.383. The van der Waals surface area contributed by atoms with Crippen LogP contribution in [0.15, 0.2) is 34.7 Å². The van der Waals surface area contributed by atoms with Crippen LogP contribution in [0, 0.1) is 17.0 Å². The Morgan fingerprint density at radius 3 is 2.86 bits per heavy atom. The van der Waals surface area contributed by atoms with Gasteiger partial charge in [-0.15, -0.1) is 0 Å². The van der Waals surface area contributed by atoms with Gasteiger partial charge in [-0.3, -0.25) is 9.69 Å². The Balaban J connectivity index is 1.41. The fraction of sp³-hybridized carbons (Fsp3) is 0.500. The summed E-state index contributed by atoms with van der Waals surface area (Å²) in [7, 11) is 1.58. The summed E-state index contributed by atoms with van der Waals surface area (Å²) in [6.07, 6.45) is 2.93. The van der Waals surface area contributed by atoms with Crippen molar-refractivity contribution >= 4 is 5.91 Å². The van der Waals surface area contributed by atoms with E-state index in [0.717, 1.165) is 38.4 Å². The molecule has 2 fully saturated rings. The monoisotopic (exact) mass is 404 g/mol. The minimum absolute atomic E-state index is 0.000334. The van der Waals surface area contributed by atoms with Gasteiger partial charge < -0.3 is 14.1 Å². The zero-order valence-electron chi connectivity index (χ0n) is 16.6. The zero-order chi connectivity index (χ0) is 20.4. The van der Waals surface area contributed by atoms with E-state index in [1.807, 2.05) is 4.90 Å². The highest BCUT2D eigenvalue weighted by molar-refractivity contribution is 5.91. The number of halogens is 2. The largest absolute Gasteiger partial charge is 0.453 e. The van der Waals surface area contributed by atoms with Crippen molar-refractivity contribution in [3.05, 3.63) is 59.1 Å². The molecule has 0 aliphatic carbocycles. The van der Waals surface area contributed by atoms with Crippen LogP contribution in [0.25, 0.3) is 0 Å². The molecule has 4 rings (SSSR count). The van der Waals surface area contributed by atoms with Crippen LogP contribution in [0.4, 0.5) is 8.78 Å². The molecule has 29 heavy (non-hydrogen) atoms. The standard InChI is InChI=1S/C22H26F2N2O3/c1-28-13-17-6-7-19(29-17)21(27)26-11-9-22(15-26)8-3-10-25(14-22)12-16-4-2-5-18(23)20(16)24/h2,4-7H,3,8-15H2,1H3/t22-/m1/s1. The second-order valence-corrected chi connectivity index (χ2v) is 8.20. The van der Waals surface area contributed by atoms with Crippen LogP contribution in [0.2, 0.25) is 0 Å². The lowest BCUT2D eigenvalue weighted by Gasteiger charge is -2.40. The van der Waals surface area contributed by atoms with Gasteiger partial charge in [0.05, 0.1) is 0 Å². The second-order valence-electron chi connectivity index (χ2n) is 8.20. The SMILES string of the molecule is COCc1ccc(C(=O)N2CC[C@@]3(CCCN(Cc4cccc(F)c4F)C3)C2)o1. The van der Waals surface area contributed by atoms with Gasteiger partial charge in [0, 0.05) is 44.3 Å². The van der Waals surface area contributed by atoms with Gasteiger partial charge in [0.2, 0.25) is 0 Å². The average Bonchev–Trinajstić information content (AvgIpc) is 3.33. The quantitative estimate of drug-likeness (QED) is 0.760. The second kappa shape index (κ2) is 8.24. The predicted molar refractivity (Wildman–Crippen MR) is 103 cm³/mol. The van der Waals surface area contributed by atoms with Crippen molar-refractivity contribution in [2.75, 3.05) is 33.3 Å². The van der Waals surface area contributed by atoms with Crippen LogP contribution < -0.4 is 0 Å². The number of amides is 1. The number of hydrogen-bond donors (Lipinski definition) is 0. The van der Waals surface area contributed by atoms with Crippen molar-refractivity contribution in [1.82, 2.24) is 9.80 Å².